The van der Waals surface area contributed by atoms with Crippen molar-refractivity contribution in [1.29, 1.82) is 0 Å². The molecule has 2 unspecified atom stereocenters. The Morgan fingerprint density at radius 2 is 1.69 bits per heavy atom. The van der Waals surface area contributed by atoms with Gasteiger partial charge in [0.1, 0.15) is 5.37 Å². The zero-order chi connectivity index (χ0) is 20.5. The number of carbonyl (C=O) groups is 2. The highest BCUT2D eigenvalue weighted by Crippen LogP contribution is 2.24. The van der Waals surface area contributed by atoms with Gasteiger partial charge in [0.05, 0.1) is 18.8 Å². The van der Waals surface area contributed by atoms with Crippen molar-refractivity contribution >= 4 is 22.7 Å². The quantitative estimate of drug-likeness (QED) is 0.479. The number of likely N-dealkylation sites (tertiary alicyclic amines) is 1. The summed E-state index contributed by atoms with van der Waals surface area (Å²) in [7, 11) is -1.32. The number of imide groups is 1. The van der Waals surface area contributed by atoms with Gasteiger partial charge in [-0.25, -0.2) is 9.69 Å². The predicted octanol–water partition coefficient (Wildman–Crippen LogP) is 2.85. The number of amides is 3. The first-order valence-electron chi connectivity index (χ1n) is 9.78. The van der Waals surface area contributed by atoms with Crippen molar-refractivity contribution in [3.63, 3.8) is 0 Å². The second-order valence-corrected chi connectivity index (χ2v) is 8.46. The zero-order valence-electron chi connectivity index (χ0n) is 16.3. The third-order valence-electron chi connectivity index (χ3n) is 4.70. The second kappa shape index (κ2) is 10.9. The summed E-state index contributed by atoms with van der Waals surface area (Å²) in [6.45, 7) is 1.30. The van der Waals surface area contributed by atoms with Gasteiger partial charge in [-0.1, -0.05) is 60.7 Å². The highest BCUT2D eigenvalue weighted by molar-refractivity contribution is 7.85. The van der Waals surface area contributed by atoms with Gasteiger partial charge in [-0.05, 0) is 24.0 Å². The Bertz CT molecular complexity index is 829. The lowest BCUT2D eigenvalue weighted by atomic mass is 10.1. The van der Waals surface area contributed by atoms with E-state index in [2.05, 4.69) is 17.4 Å². The van der Waals surface area contributed by atoms with Gasteiger partial charge in [0.2, 0.25) is 5.91 Å². The highest BCUT2D eigenvalue weighted by atomic mass is 32.2. The lowest BCUT2D eigenvalue weighted by Gasteiger charge is -2.37. The average molecular weight is 415 g/mol. The Kier molecular flexibility index (Phi) is 7.95. The molecular formula is C22H26N2O4S. The van der Waals surface area contributed by atoms with Crippen molar-refractivity contribution in [1.82, 2.24) is 10.2 Å². The van der Waals surface area contributed by atoms with E-state index in [-0.39, 0.29) is 12.3 Å². The summed E-state index contributed by atoms with van der Waals surface area (Å²) in [6, 6.07) is 19.1. The molecular weight excluding hydrogens is 388 g/mol. The summed E-state index contributed by atoms with van der Waals surface area (Å²) < 4.78 is 18.1. The summed E-state index contributed by atoms with van der Waals surface area (Å²) in [5.74, 6) is 0.0327. The topological polar surface area (TPSA) is 75.7 Å². The maximum Gasteiger partial charge on any atom is 0.325 e. The van der Waals surface area contributed by atoms with Gasteiger partial charge in [0, 0.05) is 24.0 Å². The van der Waals surface area contributed by atoms with Crippen molar-refractivity contribution in [3.05, 3.63) is 71.8 Å². The van der Waals surface area contributed by atoms with E-state index in [1.54, 1.807) is 0 Å². The first kappa shape index (κ1) is 21.2. The van der Waals surface area contributed by atoms with Crippen LogP contribution in [0.2, 0.25) is 0 Å². The number of urea groups is 1. The minimum absolute atomic E-state index is 0.142. The molecule has 0 spiro atoms. The number of rotatable bonds is 10. The van der Waals surface area contributed by atoms with E-state index in [1.807, 2.05) is 48.5 Å². The van der Waals surface area contributed by atoms with E-state index in [0.29, 0.717) is 25.5 Å². The van der Waals surface area contributed by atoms with E-state index in [9.17, 15) is 13.8 Å². The van der Waals surface area contributed by atoms with Crippen molar-refractivity contribution in [2.24, 2.45) is 0 Å². The molecule has 3 amide bonds. The van der Waals surface area contributed by atoms with Crippen molar-refractivity contribution in [2.75, 3.05) is 19.8 Å². The first-order valence-corrected chi connectivity index (χ1v) is 11.2. The Hall–Kier alpha value is -2.51. The molecule has 3 rings (SSSR count). The molecule has 0 aromatic heterocycles. The third kappa shape index (κ3) is 6.24. The van der Waals surface area contributed by atoms with Gasteiger partial charge < -0.3 is 10.1 Å². The summed E-state index contributed by atoms with van der Waals surface area (Å²) in [5.41, 5.74) is 2.20. The van der Waals surface area contributed by atoms with Crippen molar-refractivity contribution in [2.45, 2.75) is 30.4 Å². The summed E-state index contributed by atoms with van der Waals surface area (Å²) in [5, 5.41) is 2.12. The van der Waals surface area contributed by atoms with Gasteiger partial charge in [0.15, 0.2) is 0 Å². The van der Waals surface area contributed by atoms with Gasteiger partial charge in [0.25, 0.3) is 0 Å². The first-order chi connectivity index (χ1) is 14.1. The fraction of sp³-hybridized carbons (Fsp3) is 0.364. The van der Waals surface area contributed by atoms with Crippen LogP contribution in [0.25, 0.3) is 0 Å². The molecule has 1 aliphatic rings. The van der Waals surface area contributed by atoms with E-state index in [1.165, 1.54) is 5.56 Å². The van der Waals surface area contributed by atoms with E-state index in [4.69, 9.17) is 4.74 Å². The van der Waals surface area contributed by atoms with E-state index >= 15 is 0 Å². The smallest absolute Gasteiger partial charge is 0.325 e. The number of carbonyl (C=O) groups excluding carboxylic acids is 2. The van der Waals surface area contributed by atoms with Crippen LogP contribution in [0.15, 0.2) is 60.7 Å². The zero-order valence-corrected chi connectivity index (χ0v) is 17.1. The van der Waals surface area contributed by atoms with Crippen LogP contribution in [-0.2, 0) is 32.5 Å². The lowest BCUT2D eigenvalue weighted by Crippen LogP contribution is -2.60. The molecule has 1 heterocycles. The minimum Gasteiger partial charge on any atom is -0.380 e. The van der Waals surface area contributed by atoms with E-state index in [0.717, 1.165) is 23.3 Å². The summed E-state index contributed by atoms with van der Waals surface area (Å²) in [4.78, 5) is 25.2. The number of nitrogens with one attached hydrogen (secondary N) is 1. The number of β-lactam (4-membered cyclic amide) rings is 1. The summed E-state index contributed by atoms with van der Waals surface area (Å²) >= 11 is 0. The fourth-order valence-corrected chi connectivity index (χ4v) is 4.61. The number of ether oxygens (including phenoxy) is 1. The maximum atomic E-state index is 12.5. The Balaban J connectivity index is 1.33. The molecule has 0 bridgehead atoms. The largest absolute Gasteiger partial charge is 0.380 e. The maximum absolute atomic E-state index is 12.5. The standard InChI is InChI=1S/C22H26N2O4S/c25-20-16-21(29(27)17-19-10-5-2-6-11-19)24(20)22(26)23-13-15-28-14-7-12-18-8-3-1-4-9-18/h1-6,8-11,21H,7,12-17H2,(H,23,26). The Labute approximate surface area is 173 Å². The van der Waals surface area contributed by atoms with Crippen LogP contribution >= 0.6 is 0 Å². The predicted molar refractivity (Wildman–Crippen MR) is 113 cm³/mol. The number of nitrogens with zero attached hydrogens (tertiary/aromatic N) is 1. The van der Waals surface area contributed by atoms with E-state index < -0.39 is 22.2 Å². The molecule has 1 aliphatic heterocycles. The van der Waals surface area contributed by atoms with Crippen LogP contribution in [0.1, 0.15) is 24.0 Å². The molecule has 2 atom stereocenters. The highest BCUT2D eigenvalue weighted by Gasteiger charge is 2.44. The molecule has 29 heavy (non-hydrogen) atoms. The Morgan fingerprint density at radius 1 is 1.03 bits per heavy atom. The van der Waals surface area contributed by atoms with Crippen LogP contribution in [0.3, 0.4) is 0 Å². The number of hydrogen-bond donors (Lipinski definition) is 1. The van der Waals surface area contributed by atoms with Gasteiger partial charge in [-0.2, -0.15) is 0 Å². The molecule has 2 aromatic rings. The number of hydrogen-bond acceptors (Lipinski definition) is 4. The van der Waals surface area contributed by atoms with Gasteiger partial charge in [-0.15, -0.1) is 0 Å². The third-order valence-corrected chi connectivity index (χ3v) is 6.30. The average Bonchev–Trinajstić information content (AvgIpc) is 2.72. The molecule has 0 radical (unpaired) electrons. The Morgan fingerprint density at radius 3 is 2.34 bits per heavy atom. The van der Waals surface area contributed by atoms with Gasteiger partial charge in [-0.3, -0.25) is 9.00 Å². The molecule has 1 N–H and O–H groups in total. The molecule has 6 nitrogen and oxygen atoms in total. The fourth-order valence-electron chi connectivity index (χ4n) is 3.12. The molecule has 1 saturated heterocycles. The van der Waals surface area contributed by atoms with Crippen LogP contribution in [0, 0.1) is 0 Å². The molecule has 2 aromatic carbocycles. The van der Waals surface area contributed by atoms with Crippen molar-refractivity contribution in [3.8, 4) is 0 Å². The minimum atomic E-state index is -1.32. The molecule has 154 valence electrons. The molecule has 7 heteroatoms. The molecule has 0 aliphatic carbocycles. The molecule has 1 fully saturated rings. The SMILES string of the molecule is O=C1CC(S(=O)Cc2ccccc2)N1C(=O)NCCOCCCc1ccccc1. The normalized spacial score (nSPS) is 16.9. The number of aryl methyl sites for hydroxylation is 1. The monoisotopic (exact) mass is 414 g/mol. The lowest BCUT2D eigenvalue weighted by molar-refractivity contribution is -0.137. The van der Waals surface area contributed by atoms with Crippen LogP contribution in [0.4, 0.5) is 4.79 Å². The number of benzene rings is 2. The van der Waals surface area contributed by atoms with Crippen molar-refractivity contribution < 1.29 is 18.5 Å². The van der Waals surface area contributed by atoms with Crippen LogP contribution in [0.5, 0.6) is 0 Å². The second-order valence-electron chi connectivity index (χ2n) is 6.87. The van der Waals surface area contributed by atoms with Crippen LogP contribution in [-0.4, -0.2) is 46.2 Å². The van der Waals surface area contributed by atoms with Gasteiger partial charge >= 0.3 is 6.03 Å². The molecule has 0 saturated carbocycles. The van der Waals surface area contributed by atoms with Crippen LogP contribution < -0.4 is 5.32 Å². The summed E-state index contributed by atoms with van der Waals surface area (Å²) in [6.07, 6.45) is 2.00.